The molecule has 17 heavy (non-hydrogen) atoms. The number of rotatable bonds is 1. The van der Waals surface area contributed by atoms with Gasteiger partial charge in [0.05, 0.1) is 0 Å². The number of hydrogen-bond donors (Lipinski definition) is 3. The highest BCUT2D eigenvalue weighted by Gasteiger charge is 2.08. The van der Waals surface area contributed by atoms with Crippen molar-refractivity contribution in [3.63, 3.8) is 0 Å². The van der Waals surface area contributed by atoms with Crippen LogP contribution in [0.2, 0.25) is 0 Å². The summed E-state index contributed by atoms with van der Waals surface area (Å²) in [6.45, 7) is 0. The van der Waals surface area contributed by atoms with Crippen molar-refractivity contribution in [2.24, 2.45) is 0 Å². The lowest BCUT2D eigenvalue weighted by Crippen LogP contribution is -2.09. The molecule has 0 saturated carbocycles. The number of aromatic amines is 2. The Bertz CT molecular complexity index is 728. The maximum Gasteiger partial charge on any atom is 0.281 e. The van der Waals surface area contributed by atoms with Gasteiger partial charge in [0.2, 0.25) is 5.65 Å². The second-order valence-corrected chi connectivity index (χ2v) is 3.46. The zero-order valence-corrected chi connectivity index (χ0v) is 8.51. The van der Waals surface area contributed by atoms with Crippen LogP contribution in [0.5, 0.6) is 5.75 Å². The Morgan fingerprint density at radius 2 is 1.88 bits per heavy atom. The molecule has 1 aromatic carbocycles. The van der Waals surface area contributed by atoms with Crippen molar-refractivity contribution in [2.45, 2.75) is 0 Å². The van der Waals surface area contributed by atoms with Gasteiger partial charge in [-0.05, 0) is 24.3 Å². The van der Waals surface area contributed by atoms with Crippen LogP contribution in [0.3, 0.4) is 0 Å². The molecular weight excluding hydrogens is 222 g/mol. The summed E-state index contributed by atoms with van der Waals surface area (Å²) >= 11 is 0. The molecule has 0 saturated heterocycles. The summed E-state index contributed by atoms with van der Waals surface area (Å²) < 4.78 is 0. The predicted molar refractivity (Wildman–Crippen MR) is 59.4 cm³/mol. The van der Waals surface area contributed by atoms with Gasteiger partial charge in [0.15, 0.2) is 5.52 Å². The van der Waals surface area contributed by atoms with Crippen molar-refractivity contribution in [3.8, 4) is 17.1 Å². The molecule has 84 valence electrons. The zero-order valence-electron chi connectivity index (χ0n) is 8.51. The fourth-order valence-corrected chi connectivity index (χ4v) is 1.51. The fourth-order valence-electron chi connectivity index (χ4n) is 1.51. The van der Waals surface area contributed by atoms with Gasteiger partial charge < -0.3 is 10.1 Å². The summed E-state index contributed by atoms with van der Waals surface area (Å²) in [6, 6.07) is 6.34. The van der Waals surface area contributed by atoms with Crippen molar-refractivity contribution in [2.75, 3.05) is 0 Å². The highest BCUT2D eigenvalue weighted by Crippen LogP contribution is 2.17. The van der Waals surface area contributed by atoms with Crippen LogP contribution in [-0.4, -0.2) is 30.5 Å². The monoisotopic (exact) mass is 229 g/mol. The minimum Gasteiger partial charge on any atom is -0.508 e. The van der Waals surface area contributed by atoms with E-state index < -0.39 is 0 Å². The van der Waals surface area contributed by atoms with Gasteiger partial charge in [-0.2, -0.15) is 5.21 Å². The molecule has 0 amide bonds. The third-order valence-corrected chi connectivity index (χ3v) is 2.33. The van der Waals surface area contributed by atoms with Gasteiger partial charge in [-0.15, -0.1) is 10.2 Å². The SMILES string of the molecule is O=c1[nH]c(-c2ccc(O)cc2)nc2n[nH]nc12. The Kier molecular flexibility index (Phi) is 1.91. The van der Waals surface area contributed by atoms with E-state index in [0.29, 0.717) is 11.4 Å². The van der Waals surface area contributed by atoms with E-state index in [9.17, 15) is 9.90 Å². The standard InChI is InChI=1S/C10H7N5O2/c16-6-3-1-5(2-4-6)8-11-9-7(10(17)12-8)13-15-14-9/h1-4,16H,(H2,11,12,13,14,15,17). The summed E-state index contributed by atoms with van der Waals surface area (Å²) in [5.41, 5.74) is 0.765. The number of nitrogens with one attached hydrogen (secondary N) is 2. The van der Waals surface area contributed by atoms with E-state index in [1.807, 2.05) is 0 Å². The molecule has 0 bridgehead atoms. The lowest BCUT2D eigenvalue weighted by molar-refractivity contribution is 0.475. The number of hydrogen-bond acceptors (Lipinski definition) is 5. The number of fused-ring (bicyclic) bond motifs is 1. The average molecular weight is 229 g/mol. The Morgan fingerprint density at radius 3 is 2.65 bits per heavy atom. The van der Waals surface area contributed by atoms with E-state index in [0.717, 1.165) is 0 Å². The molecule has 7 heteroatoms. The van der Waals surface area contributed by atoms with Gasteiger partial charge in [0, 0.05) is 5.56 Å². The highest BCUT2D eigenvalue weighted by molar-refractivity contribution is 5.70. The first-order chi connectivity index (χ1) is 8.24. The molecule has 0 aliphatic rings. The Labute approximate surface area is 94.2 Å². The van der Waals surface area contributed by atoms with E-state index in [-0.39, 0.29) is 22.5 Å². The number of phenolic OH excluding ortho intramolecular Hbond substituents is 1. The third-order valence-electron chi connectivity index (χ3n) is 2.33. The molecule has 0 fully saturated rings. The van der Waals surface area contributed by atoms with Crippen LogP contribution < -0.4 is 5.56 Å². The molecule has 7 nitrogen and oxygen atoms in total. The third kappa shape index (κ3) is 1.53. The van der Waals surface area contributed by atoms with E-state index in [2.05, 4.69) is 25.4 Å². The molecule has 0 aliphatic heterocycles. The zero-order chi connectivity index (χ0) is 11.8. The summed E-state index contributed by atoms with van der Waals surface area (Å²) in [4.78, 5) is 18.4. The fraction of sp³-hybridized carbons (Fsp3) is 0. The van der Waals surface area contributed by atoms with Gasteiger partial charge in [0.25, 0.3) is 5.56 Å². The molecule has 2 heterocycles. The number of phenols is 1. The van der Waals surface area contributed by atoms with Gasteiger partial charge >= 0.3 is 0 Å². The lowest BCUT2D eigenvalue weighted by atomic mass is 10.2. The van der Waals surface area contributed by atoms with Gasteiger partial charge in [-0.3, -0.25) is 4.79 Å². The van der Waals surface area contributed by atoms with E-state index in [4.69, 9.17) is 0 Å². The first-order valence-corrected chi connectivity index (χ1v) is 4.84. The summed E-state index contributed by atoms with van der Waals surface area (Å²) in [5, 5.41) is 19.0. The van der Waals surface area contributed by atoms with E-state index in [1.165, 1.54) is 12.1 Å². The first kappa shape index (κ1) is 9.52. The molecule has 3 N–H and O–H groups in total. The first-order valence-electron chi connectivity index (χ1n) is 4.84. The van der Waals surface area contributed by atoms with Crippen molar-refractivity contribution in [3.05, 3.63) is 34.6 Å². The molecule has 3 rings (SSSR count). The van der Waals surface area contributed by atoms with Crippen LogP contribution in [0.25, 0.3) is 22.6 Å². The molecule has 2 aromatic heterocycles. The molecule has 3 aromatic rings. The predicted octanol–water partition coefficient (Wildman–Crippen LogP) is 0.414. The van der Waals surface area contributed by atoms with Gasteiger partial charge in [0.1, 0.15) is 11.6 Å². The summed E-state index contributed by atoms with van der Waals surface area (Å²) in [5.74, 6) is 0.537. The van der Waals surface area contributed by atoms with Gasteiger partial charge in [-0.1, -0.05) is 0 Å². The van der Waals surface area contributed by atoms with Crippen LogP contribution in [0.15, 0.2) is 29.1 Å². The Balaban J connectivity index is 2.23. The van der Waals surface area contributed by atoms with Crippen molar-refractivity contribution in [1.29, 1.82) is 0 Å². The second kappa shape index (κ2) is 3.41. The van der Waals surface area contributed by atoms with Gasteiger partial charge in [-0.25, -0.2) is 4.98 Å². The number of aromatic hydroxyl groups is 1. The van der Waals surface area contributed by atoms with Crippen molar-refractivity contribution >= 4 is 11.2 Å². The summed E-state index contributed by atoms with van der Waals surface area (Å²) in [6.07, 6.45) is 0. The highest BCUT2D eigenvalue weighted by atomic mass is 16.3. The summed E-state index contributed by atoms with van der Waals surface area (Å²) in [7, 11) is 0. The maximum absolute atomic E-state index is 11.6. The van der Waals surface area contributed by atoms with Crippen LogP contribution in [-0.2, 0) is 0 Å². The molecule has 0 aliphatic carbocycles. The Morgan fingerprint density at radius 1 is 1.12 bits per heavy atom. The van der Waals surface area contributed by atoms with Crippen LogP contribution >= 0.6 is 0 Å². The average Bonchev–Trinajstić information content (AvgIpc) is 2.78. The normalized spacial score (nSPS) is 10.8. The number of nitrogens with zero attached hydrogens (tertiary/aromatic N) is 3. The van der Waals surface area contributed by atoms with Crippen LogP contribution in [0, 0.1) is 0 Å². The molecule has 0 spiro atoms. The van der Waals surface area contributed by atoms with E-state index in [1.54, 1.807) is 12.1 Å². The number of benzene rings is 1. The maximum atomic E-state index is 11.6. The molecule has 0 atom stereocenters. The quantitative estimate of drug-likeness (QED) is 0.560. The smallest absolute Gasteiger partial charge is 0.281 e. The minimum absolute atomic E-state index is 0.151. The Hall–Kier alpha value is -2.70. The number of H-pyrrole nitrogens is 2. The van der Waals surface area contributed by atoms with E-state index >= 15 is 0 Å². The molecule has 0 unspecified atom stereocenters. The van der Waals surface area contributed by atoms with Crippen LogP contribution in [0.4, 0.5) is 0 Å². The largest absolute Gasteiger partial charge is 0.508 e. The lowest BCUT2D eigenvalue weighted by Gasteiger charge is -1.99. The second-order valence-electron chi connectivity index (χ2n) is 3.46. The van der Waals surface area contributed by atoms with Crippen LogP contribution in [0.1, 0.15) is 0 Å². The molecule has 0 radical (unpaired) electrons. The molecular formula is C10H7N5O2. The van der Waals surface area contributed by atoms with Crippen molar-refractivity contribution in [1.82, 2.24) is 25.4 Å². The minimum atomic E-state index is -0.355. The topological polar surface area (TPSA) is 108 Å². The number of aromatic nitrogens is 5. The van der Waals surface area contributed by atoms with Crippen molar-refractivity contribution < 1.29 is 5.11 Å².